The topological polar surface area (TPSA) is 97.4 Å². The number of alkyl carbamates (subject to hydrolysis) is 1. The number of anilines is 2. The van der Waals surface area contributed by atoms with Crippen molar-refractivity contribution in [1.82, 2.24) is 5.32 Å². The minimum Gasteiger partial charge on any atom is -0.479 e. The molecule has 2 heterocycles. The molecular formula is C16H19N3O6. The normalized spacial score (nSPS) is 25.2. The molecule has 1 N–H and O–H groups in total. The molecule has 3 atom stereocenters. The van der Waals surface area contributed by atoms with E-state index in [4.69, 9.17) is 9.47 Å². The second-order valence-electron chi connectivity index (χ2n) is 5.86. The molecule has 3 amide bonds. The van der Waals surface area contributed by atoms with E-state index in [2.05, 4.69) is 10.1 Å². The lowest BCUT2D eigenvalue weighted by Gasteiger charge is -2.31. The fraction of sp³-hybridized carbons (Fsp3) is 0.438. The first-order valence-corrected chi connectivity index (χ1v) is 7.76. The molecular weight excluding hydrogens is 330 g/mol. The van der Waals surface area contributed by atoms with Crippen LogP contribution in [0.25, 0.3) is 0 Å². The highest BCUT2D eigenvalue weighted by molar-refractivity contribution is 6.00. The fourth-order valence-electron chi connectivity index (χ4n) is 2.89. The number of carbonyl (C=O) groups excluding carboxylic acids is 3. The Labute approximate surface area is 144 Å². The molecule has 2 unspecified atom stereocenters. The summed E-state index contributed by atoms with van der Waals surface area (Å²) < 4.78 is 15.3. The molecule has 9 nitrogen and oxygen atoms in total. The quantitative estimate of drug-likeness (QED) is 0.868. The summed E-state index contributed by atoms with van der Waals surface area (Å²) in [6, 6.07) is 4.62. The molecule has 0 radical (unpaired) electrons. The molecule has 25 heavy (non-hydrogen) atoms. The lowest BCUT2D eigenvalue weighted by molar-refractivity contribution is -0.125. The van der Waals surface area contributed by atoms with Crippen LogP contribution in [0.3, 0.4) is 0 Å². The zero-order valence-corrected chi connectivity index (χ0v) is 14.3. The molecule has 0 aliphatic carbocycles. The third-order valence-electron chi connectivity index (χ3n) is 4.28. The number of nitrogens with one attached hydrogen (secondary N) is 1. The van der Waals surface area contributed by atoms with Gasteiger partial charge in [-0.25, -0.2) is 9.59 Å². The van der Waals surface area contributed by atoms with Crippen molar-refractivity contribution in [2.75, 3.05) is 24.0 Å². The molecule has 134 valence electrons. The highest BCUT2D eigenvalue weighted by Crippen LogP contribution is 2.38. The Morgan fingerprint density at radius 3 is 2.64 bits per heavy atom. The number of nitrogens with zero attached hydrogens (tertiary/aromatic N) is 2. The van der Waals surface area contributed by atoms with Crippen LogP contribution >= 0.6 is 0 Å². The van der Waals surface area contributed by atoms with Crippen LogP contribution < -0.4 is 19.9 Å². The van der Waals surface area contributed by atoms with Gasteiger partial charge in [-0.2, -0.15) is 0 Å². The molecule has 2 aliphatic heterocycles. The molecule has 1 aromatic carbocycles. The number of carbonyl (C=O) groups is 3. The summed E-state index contributed by atoms with van der Waals surface area (Å²) in [6.45, 7) is 3.40. The van der Waals surface area contributed by atoms with E-state index in [1.54, 1.807) is 39.1 Å². The summed E-state index contributed by atoms with van der Waals surface area (Å²) in [4.78, 5) is 38.5. The number of hydrogen-bond donors (Lipinski definition) is 1. The number of methoxy groups -OCH3 is 1. The summed E-state index contributed by atoms with van der Waals surface area (Å²) >= 11 is 0. The number of cyclic esters (lactones) is 1. The average molecular weight is 349 g/mol. The van der Waals surface area contributed by atoms with Gasteiger partial charge in [-0.3, -0.25) is 15.0 Å². The molecule has 0 aromatic heterocycles. The van der Waals surface area contributed by atoms with Gasteiger partial charge in [-0.15, -0.1) is 0 Å². The van der Waals surface area contributed by atoms with E-state index in [-0.39, 0.29) is 5.91 Å². The Kier molecular flexibility index (Phi) is 4.15. The van der Waals surface area contributed by atoms with Crippen molar-refractivity contribution >= 4 is 29.5 Å². The number of amides is 3. The van der Waals surface area contributed by atoms with Crippen LogP contribution in [0.5, 0.6) is 5.75 Å². The lowest BCUT2D eigenvalue weighted by atomic mass is 10.1. The molecule has 0 saturated carbocycles. The van der Waals surface area contributed by atoms with Gasteiger partial charge in [0.05, 0.1) is 24.5 Å². The Hall–Kier alpha value is -2.97. The van der Waals surface area contributed by atoms with Crippen molar-refractivity contribution in [2.24, 2.45) is 0 Å². The smallest absolute Gasteiger partial charge is 0.416 e. The van der Waals surface area contributed by atoms with Crippen LogP contribution in [0, 0.1) is 0 Å². The van der Waals surface area contributed by atoms with E-state index in [1.165, 1.54) is 16.9 Å². The van der Waals surface area contributed by atoms with E-state index < -0.39 is 30.6 Å². The van der Waals surface area contributed by atoms with Crippen LogP contribution in [0.2, 0.25) is 0 Å². The zero-order valence-electron chi connectivity index (χ0n) is 14.3. The van der Waals surface area contributed by atoms with Gasteiger partial charge in [0.2, 0.25) is 6.23 Å². The first-order valence-electron chi connectivity index (χ1n) is 7.76. The maximum absolute atomic E-state index is 12.2. The number of rotatable bonds is 2. The van der Waals surface area contributed by atoms with Crippen LogP contribution in [0.4, 0.5) is 21.0 Å². The average Bonchev–Trinajstić information content (AvgIpc) is 2.86. The largest absolute Gasteiger partial charge is 0.479 e. The Morgan fingerprint density at radius 1 is 1.24 bits per heavy atom. The monoisotopic (exact) mass is 349 g/mol. The number of ether oxygens (including phenoxy) is 3. The van der Waals surface area contributed by atoms with E-state index >= 15 is 0 Å². The van der Waals surface area contributed by atoms with Crippen LogP contribution in [0.1, 0.15) is 13.8 Å². The van der Waals surface area contributed by atoms with Crippen molar-refractivity contribution in [3.63, 3.8) is 0 Å². The summed E-state index contributed by atoms with van der Waals surface area (Å²) in [5.74, 6) is 0.355. The molecule has 1 aromatic rings. The highest BCUT2D eigenvalue weighted by atomic mass is 16.6. The summed E-state index contributed by atoms with van der Waals surface area (Å²) in [5.41, 5.74) is 1.16. The van der Waals surface area contributed by atoms with E-state index in [9.17, 15) is 14.4 Å². The van der Waals surface area contributed by atoms with E-state index in [1.807, 2.05) is 0 Å². The van der Waals surface area contributed by atoms with Crippen molar-refractivity contribution < 1.29 is 28.6 Å². The molecule has 0 spiro atoms. The predicted molar refractivity (Wildman–Crippen MR) is 87.7 cm³/mol. The molecule has 2 aliphatic rings. The maximum atomic E-state index is 12.2. The van der Waals surface area contributed by atoms with Crippen molar-refractivity contribution in [2.45, 2.75) is 32.2 Å². The van der Waals surface area contributed by atoms with E-state index in [0.29, 0.717) is 17.1 Å². The molecule has 9 heteroatoms. The Morgan fingerprint density at radius 2 is 1.96 bits per heavy atom. The fourth-order valence-corrected chi connectivity index (χ4v) is 2.89. The lowest BCUT2D eigenvalue weighted by Crippen LogP contribution is -2.44. The van der Waals surface area contributed by atoms with Gasteiger partial charge in [0.1, 0.15) is 5.75 Å². The van der Waals surface area contributed by atoms with Gasteiger partial charge in [-0.05, 0) is 26.0 Å². The molecule has 1 saturated heterocycles. The Bertz CT molecular complexity index is 737. The van der Waals surface area contributed by atoms with Crippen LogP contribution in [0.15, 0.2) is 18.2 Å². The molecule has 0 bridgehead atoms. The number of benzene rings is 1. The SMILES string of the molecule is COC(=O)N[C@H]1OC(=O)N(c2ccc3c(c2)OC(C)C(=O)N3C)C1C. The van der Waals surface area contributed by atoms with Crippen LogP contribution in [-0.4, -0.2) is 50.6 Å². The van der Waals surface area contributed by atoms with Crippen LogP contribution in [-0.2, 0) is 14.3 Å². The predicted octanol–water partition coefficient (Wildman–Crippen LogP) is 1.46. The van der Waals surface area contributed by atoms with Crippen molar-refractivity contribution in [1.29, 1.82) is 0 Å². The number of hydrogen-bond acceptors (Lipinski definition) is 6. The van der Waals surface area contributed by atoms with Gasteiger partial charge in [0, 0.05) is 13.1 Å². The summed E-state index contributed by atoms with van der Waals surface area (Å²) in [5, 5.41) is 2.46. The van der Waals surface area contributed by atoms with Gasteiger partial charge < -0.3 is 19.1 Å². The standard InChI is InChI=1S/C16H19N3O6/c1-8-13(17-15(21)23-4)25-16(22)19(8)10-5-6-11-12(7-10)24-9(2)14(20)18(11)3/h5-9,13H,1-4H3,(H,17,21)/t8?,9?,13-/m0/s1. The minimum atomic E-state index is -0.833. The second kappa shape index (κ2) is 6.15. The Balaban J connectivity index is 1.87. The molecule has 3 rings (SSSR count). The van der Waals surface area contributed by atoms with Gasteiger partial charge in [0.15, 0.2) is 6.10 Å². The first-order chi connectivity index (χ1) is 11.8. The van der Waals surface area contributed by atoms with Crippen molar-refractivity contribution in [3.05, 3.63) is 18.2 Å². The summed E-state index contributed by atoms with van der Waals surface area (Å²) in [7, 11) is 2.90. The minimum absolute atomic E-state index is 0.142. The van der Waals surface area contributed by atoms with Gasteiger partial charge in [-0.1, -0.05) is 0 Å². The van der Waals surface area contributed by atoms with Gasteiger partial charge >= 0.3 is 12.2 Å². The third-order valence-corrected chi connectivity index (χ3v) is 4.28. The third kappa shape index (κ3) is 2.81. The van der Waals surface area contributed by atoms with E-state index in [0.717, 1.165) is 0 Å². The molecule has 1 fully saturated rings. The van der Waals surface area contributed by atoms with Gasteiger partial charge in [0.25, 0.3) is 5.91 Å². The zero-order chi connectivity index (χ0) is 18.3. The van der Waals surface area contributed by atoms with Crippen molar-refractivity contribution in [3.8, 4) is 5.75 Å². The highest BCUT2D eigenvalue weighted by Gasteiger charge is 2.41. The first kappa shape index (κ1) is 16.9. The number of fused-ring (bicyclic) bond motifs is 1. The maximum Gasteiger partial charge on any atom is 0.416 e. The summed E-state index contributed by atoms with van der Waals surface area (Å²) in [6.07, 6.45) is -2.72. The second-order valence-corrected chi connectivity index (χ2v) is 5.86. The number of likely N-dealkylation sites (N-methyl/N-ethyl adjacent to an activating group) is 1.